The molecule has 0 amide bonds. The maximum atomic E-state index is 6.03. The van der Waals surface area contributed by atoms with Crippen LogP contribution < -0.4 is 10.6 Å². The smallest absolute Gasteiger partial charge is 0.257 e. The van der Waals surface area contributed by atoms with Crippen LogP contribution in [0, 0.1) is 0 Å². The van der Waals surface area contributed by atoms with Crippen LogP contribution in [0.3, 0.4) is 0 Å². The third kappa shape index (κ3) is 4.24. The first-order valence-corrected chi connectivity index (χ1v) is 9.11. The van der Waals surface area contributed by atoms with Gasteiger partial charge >= 0.3 is 0 Å². The normalized spacial score (nSPS) is 12.8. The molecule has 3 aromatic rings. The van der Waals surface area contributed by atoms with E-state index < -0.39 is 6.29 Å². The fraction of sp³-hybridized carbons (Fsp3) is 0.0476. The lowest BCUT2D eigenvalue weighted by Crippen LogP contribution is -2.29. The van der Waals surface area contributed by atoms with Crippen molar-refractivity contribution in [3.05, 3.63) is 107 Å². The number of nitrogens with zero attached hydrogens (tertiary/aromatic N) is 4. The standard InChI is InChI=1S/C21H17ClN6/c22-17-11-13-18(14-12-17)23-20(24-21-25-27-28-26-21)19(15-7-3-1-4-8-15)16-9-5-2-6-10-16/h1-14,21,23-24H. The van der Waals surface area contributed by atoms with Crippen molar-refractivity contribution in [1.29, 1.82) is 0 Å². The van der Waals surface area contributed by atoms with E-state index in [4.69, 9.17) is 11.6 Å². The number of hydrogen-bond donors (Lipinski definition) is 2. The van der Waals surface area contributed by atoms with Crippen LogP contribution >= 0.6 is 11.6 Å². The van der Waals surface area contributed by atoms with E-state index >= 15 is 0 Å². The summed E-state index contributed by atoms with van der Waals surface area (Å²) in [5.74, 6) is 0.740. The lowest BCUT2D eigenvalue weighted by atomic mass is 9.97. The molecule has 0 aliphatic carbocycles. The van der Waals surface area contributed by atoms with E-state index in [1.54, 1.807) is 0 Å². The molecule has 4 rings (SSSR count). The summed E-state index contributed by atoms with van der Waals surface area (Å²) in [5.41, 5.74) is 3.95. The second-order valence-corrected chi connectivity index (χ2v) is 6.48. The van der Waals surface area contributed by atoms with Gasteiger partial charge in [-0.2, -0.15) is 0 Å². The molecule has 0 bridgehead atoms. The second-order valence-electron chi connectivity index (χ2n) is 6.04. The number of rotatable bonds is 6. The molecule has 3 aromatic carbocycles. The van der Waals surface area contributed by atoms with Crippen molar-refractivity contribution in [1.82, 2.24) is 5.32 Å². The van der Waals surface area contributed by atoms with E-state index in [0.717, 1.165) is 28.2 Å². The number of halogens is 1. The SMILES string of the molecule is Clc1ccc(NC(NC2N=NN=N2)=C(c2ccccc2)c2ccccc2)cc1. The van der Waals surface area contributed by atoms with Gasteiger partial charge < -0.3 is 10.6 Å². The minimum atomic E-state index is -0.586. The number of hydrogen-bond acceptors (Lipinski definition) is 6. The van der Waals surface area contributed by atoms with Gasteiger partial charge in [0.1, 0.15) is 5.82 Å². The van der Waals surface area contributed by atoms with Crippen molar-refractivity contribution in [2.45, 2.75) is 6.29 Å². The van der Waals surface area contributed by atoms with Gasteiger partial charge in [0.15, 0.2) is 0 Å². The molecule has 1 heterocycles. The van der Waals surface area contributed by atoms with Crippen LogP contribution in [0.5, 0.6) is 0 Å². The average Bonchev–Trinajstić information content (AvgIpc) is 3.25. The maximum absolute atomic E-state index is 6.03. The highest BCUT2D eigenvalue weighted by Gasteiger charge is 2.17. The van der Waals surface area contributed by atoms with Crippen LogP contribution in [0.25, 0.3) is 5.57 Å². The van der Waals surface area contributed by atoms with E-state index in [-0.39, 0.29) is 0 Å². The molecule has 0 radical (unpaired) electrons. The molecule has 0 saturated carbocycles. The van der Waals surface area contributed by atoms with Crippen LogP contribution in [0.15, 0.2) is 111 Å². The third-order valence-corrected chi connectivity index (χ3v) is 4.38. The predicted molar refractivity (Wildman–Crippen MR) is 111 cm³/mol. The van der Waals surface area contributed by atoms with Gasteiger partial charge in [-0.3, -0.25) is 0 Å². The summed E-state index contributed by atoms with van der Waals surface area (Å²) in [6.45, 7) is 0. The van der Waals surface area contributed by atoms with E-state index in [1.807, 2.05) is 60.7 Å². The van der Waals surface area contributed by atoms with Crippen LogP contribution in [-0.2, 0) is 0 Å². The Morgan fingerprint density at radius 3 is 1.79 bits per heavy atom. The maximum Gasteiger partial charge on any atom is 0.257 e. The molecule has 0 spiro atoms. The van der Waals surface area contributed by atoms with E-state index in [2.05, 4.69) is 55.6 Å². The molecular weight excluding hydrogens is 372 g/mol. The van der Waals surface area contributed by atoms with Gasteiger partial charge in [0.2, 0.25) is 0 Å². The summed E-state index contributed by atoms with van der Waals surface area (Å²) >= 11 is 6.03. The molecule has 2 N–H and O–H groups in total. The Balaban J connectivity index is 1.84. The van der Waals surface area contributed by atoms with Crippen molar-refractivity contribution in [2.24, 2.45) is 20.7 Å². The first-order chi connectivity index (χ1) is 13.8. The molecule has 28 heavy (non-hydrogen) atoms. The van der Waals surface area contributed by atoms with Crippen molar-refractivity contribution in [3.63, 3.8) is 0 Å². The Kier molecular flexibility index (Phi) is 5.40. The Bertz CT molecular complexity index is 960. The van der Waals surface area contributed by atoms with Gasteiger partial charge in [-0.15, -0.1) is 10.2 Å². The molecule has 0 unspecified atom stereocenters. The summed E-state index contributed by atoms with van der Waals surface area (Å²) in [5, 5.41) is 22.6. The zero-order valence-corrected chi connectivity index (χ0v) is 15.6. The highest BCUT2D eigenvalue weighted by Crippen LogP contribution is 2.28. The van der Waals surface area contributed by atoms with Crippen LogP contribution in [0.1, 0.15) is 11.1 Å². The molecule has 1 aliphatic rings. The summed E-state index contributed by atoms with van der Waals surface area (Å²) in [6, 6.07) is 27.7. The minimum absolute atomic E-state index is 0.586. The first-order valence-electron chi connectivity index (χ1n) is 8.74. The average molecular weight is 389 g/mol. The number of anilines is 1. The Morgan fingerprint density at radius 1 is 0.714 bits per heavy atom. The molecule has 6 nitrogen and oxygen atoms in total. The van der Waals surface area contributed by atoms with Crippen LogP contribution in [0.2, 0.25) is 5.02 Å². The molecule has 0 fully saturated rings. The van der Waals surface area contributed by atoms with E-state index in [0.29, 0.717) is 5.02 Å². The largest absolute Gasteiger partial charge is 0.341 e. The fourth-order valence-corrected chi connectivity index (χ4v) is 2.99. The molecule has 7 heteroatoms. The molecule has 1 aliphatic heterocycles. The molecule has 138 valence electrons. The fourth-order valence-electron chi connectivity index (χ4n) is 2.87. The van der Waals surface area contributed by atoms with Gasteiger partial charge in [0.05, 0.1) is 0 Å². The summed E-state index contributed by atoms with van der Waals surface area (Å²) in [4.78, 5) is 0. The molecule has 0 aromatic heterocycles. The van der Waals surface area contributed by atoms with Gasteiger partial charge in [0, 0.05) is 16.3 Å². The van der Waals surface area contributed by atoms with E-state index in [9.17, 15) is 0 Å². The van der Waals surface area contributed by atoms with Crippen molar-refractivity contribution in [2.75, 3.05) is 5.32 Å². The Hall–Kier alpha value is -3.51. The summed E-state index contributed by atoms with van der Waals surface area (Å²) < 4.78 is 0. The number of nitrogens with one attached hydrogen (secondary N) is 2. The predicted octanol–water partition coefficient (Wildman–Crippen LogP) is 5.88. The zero-order valence-electron chi connectivity index (χ0n) is 14.8. The van der Waals surface area contributed by atoms with Gasteiger partial charge in [-0.1, -0.05) is 72.3 Å². The first kappa shape index (κ1) is 17.9. The quantitative estimate of drug-likeness (QED) is 0.553. The molecule has 0 saturated heterocycles. The van der Waals surface area contributed by atoms with Crippen molar-refractivity contribution < 1.29 is 0 Å². The lowest BCUT2D eigenvalue weighted by molar-refractivity contribution is 0.613. The molecular formula is C21H17ClN6. The second kappa shape index (κ2) is 8.45. The van der Waals surface area contributed by atoms with Gasteiger partial charge in [0.25, 0.3) is 6.29 Å². The highest BCUT2D eigenvalue weighted by atomic mass is 35.5. The Morgan fingerprint density at radius 2 is 1.25 bits per heavy atom. The Labute approximate surface area is 167 Å². The molecule has 0 atom stereocenters. The summed E-state index contributed by atoms with van der Waals surface area (Å²) in [7, 11) is 0. The van der Waals surface area contributed by atoms with Crippen LogP contribution in [-0.4, -0.2) is 6.29 Å². The zero-order chi connectivity index (χ0) is 19.2. The topological polar surface area (TPSA) is 73.5 Å². The van der Waals surface area contributed by atoms with Gasteiger partial charge in [-0.05, 0) is 45.8 Å². The van der Waals surface area contributed by atoms with Crippen molar-refractivity contribution >= 4 is 22.9 Å². The third-order valence-electron chi connectivity index (χ3n) is 4.12. The number of benzene rings is 3. The monoisotopic (exact) mass is 388 g/mol. The minimum Gasteiger partial charge on any atom is -0.341 e. The van der Waals surface area contributed by atoms with Crippen LogP contribution in [0.4, 0.5) is 5.69 Å². The van der Waals surface area contributed by atoms with Gasteiger partial charge in [-0.25, -0.2) is 0 Å². The van der Waals surface area contributed by atoms with Crippen molar-refractivity contribution in [3.8, 4) is 0 Å². The highest BCUT2D eigenvalue weighted by molar-refractivity contribution is 6.30. The lowest BCUT2D eigenvalue weighted by Gasteiger charge is -2.20. The summed E-state index contributed by atoms with van der Waals surface area (Å²) in [6.07, 6.45) is -0.586. The van der Waals surface area contributed by atoms with E-state index in [1.165, 1.54) is 0 Å².